The van der Waals surface area contributed by atoms with Crippen molar-refractivity contribution in [1.82, 2.24) is 5.32 Å². The second-order valence-corrected chi connectivity index (χ2v) is 6.24. The SMILES string of the molecule is C[C@@H](NC(=O)COc1ccc([C@H]2Cc3ccccc3C(=O)O2)cc1)C(=O)O. The fraction of sp³-hybridized carbons (Fsp3) is 0.250. The summed E-state index contributed by atoms with van der Waals surface area (Å²) >= 11 is 0. The third-order valence-corrected chi connectivity index (χ3v) is 4.26. The topological polar surface area (TPSA) is 102 Å². The predicted octanol–water partition coefficient (Wildman–Crippen LogP) is 2.11. The summed E-state index contributed by atoms with van der Waals surface area (Å²) in [5.74, 6) is -1.52. The Kier molecular flexibility index (Phi) is 5.40. The van der Waals surface area contributed by atoms with Crippen LogP contribution < -0.4 is 10.1 Å². The number of carboxylic acid groups (broad SMARTS) is 1. The Hall–Kier alpha value is -3.35. The van der Waals surface area contributed by atoms with Crippen molar-refractivity contribution in [2.45, 2.75) is 25.5 Å². The van der Waals surface area contributed by atoms with Crippen molar-refractivity contribution in [2.75, 3.05) is 6.61 Å². The first-order chi connectivity index (χ1) is 12.9. The molecule has 2 aromatic carbocycles. The molecular formula is C20H19NO6. The van der Waals surface area contributed by atoms with Crippen molar-refractivity contribution in [2.24, 2.45) is 0 Å². The van der Waals surface area contributed by atoms with Crippen LogP contribution in [0, 0.1) is 0 Å². The molecule has 0 aliphatic carbocycles. The van der Waals surface area contributed by atoms with E-state index in [1.54, 1.807) is 36.4 Å². The van der Waals surface area contributed by atoms with Crippen molar-refractivity contribution < 1.29 is 29.0 Å². The highest BCUT2D eigenvalue weighted by Crippen LogP contribution is 2.31. The quantitative estimate of drug-likeness (QED) is 0.756. The molecule has 0 unspecified atom stereocenters. The van der Waals surface area contributed by atoms with E-state index in [4.69, 9.17) is 14.6 Å². The van der Waals surface area contributed by atoms with Crippen molar-refractivity contribution in [1.29, 1.82) is 0 Å². The first-order valence-electron chi connectivity index (χ1n) is 8.48. The predicted molar refractivity (Wildman–Crippen MR) is 95.5 cm³/mol. The fourth-order valence-electron chi connectivity index (χ4n) is 2.79. The molecule has 0 fully saturated rings. The number of carbonyl (C=O) groups excluding carboxylic acids is 2. The number of aliphatic carboxylic acids is 1. The van der Waals surface area contributed by atoms with E-state index < -0.39 is 17.9 Å². The van der Waals surface area contributed by atoms with Gasteiger partial charge in [-0.25, -0.2) is 4.79 Å². The van der Waals surface area contributed by atoms with Crippen molar-refractivity contribution in [3.05, 3.63) is 65.2 Å². The zero-order valence-electron chi connectivity index (χ0n) is 14.7. The lowest BCUT2D eigenvalue weighted by atomic mass is 9.95. The number of amides is 1. The van der Waals surface area contributed by atoms with Gasteiger partial charge in [0.15, 0.2) is 6.61 Å². The molecule has 0 saturated heterocycles. The van der Waals surface area contributed by atoms with Crippen LogP contribution in [0.1, 0.15) is 34.5 Å². The normalized spacial score (nSPS) is 16.6. The summed E-state index contributed by atoms with van der Waals surface area (Å²) in [5.41, 5.74) is 2.37. The van der Waals surface area contributed by atoms with Crippen LogP contribution in [0.4, 0.5) is 0 Å². The van der Waals surface area contributed by atoms with Crippen LogP contribution >= 0.6 is 0 Å². The van der Waals surface area contributed by atoms with Gasteiger partial charge in [-0.15, -0.1) is 0 Å². The largest absolute Gasteiger partial charge is 0.484 e. The Morgan fingerprint density at radius 1 is 1.22 bits per heavy atom. The number of cyclic esters (lactones) is 1. The minimum absolute atomic E-state index is 0.289. The molecule has 0 radical (unpaired) electrons. The third-order valence-electron chi connectivity index (χ3n) is 4.26. The van der Waals surface area contributed by atoms with E-state index in [1.165, 1.54) is 6.92 Å². The maximum atomic E-state index is 12.1. The van der Waals surface area contributed by atoms with Gasteiger partial charge in [0.2, 0.25) is 0 Å². The summed E-state index contributed by atoms with van der Waals surface area (Å²) in [5, 5.41) is 11.1. The van der Waals surface area contributed by atoms with Crippen molar-refractivity contribution in [3.63, 3.8) is 0 Å². The second-order valence-electron chi connectivity index (χ2n) is 6.24. The van der Waals surface area contributed by atoms with Gasteiger partial charge < -0.3 is 19.9 Å². The van der Waals surface area contributed by atoms with E-state index in [9.17, 15) is 14.4 Å². The van der Waals surface area contributed by atoms with Gasteiger partial charge >= 0.3 is 11.9 Å². The summed E-state index contributed by atoms with van der Waals surface area (Å²) in [6, 6.07) is 13.3. The number of carboxylic acids is 1. The summed E-state index contributed by atoms with van der Waals surface area (Å²) in [6.07, 6.45) is 0.221. The Bertz CT molecular complexity index is 861. The molecule has 2 N–H and O–H groups in total. The van der Waals surface area contributed by atoms with Crippen LogP contribution in [0.3, 0.4) is 0 Å². The molecule has 2 aromatic rings. The molecule has 7 nitrogen and oxygen atoms in total. The minimum atomic E-state index is -1.11. The maximum Gasteiger partial charge on any atom is 0.339 e. The van der Waals surface area contributed by atoms with Crippen LogP contribution in [0.5, 0.6) is 5.75 Å². The van der Waals surface area contributed by atoms with Crippen LogP contribution in [0.25, 0.3) is 0 Å². The number of carbonyl (C=O) groups is 3. The number of nitrogens with one attached hydrogen (secondary N) is 1. The van der Waals surface area contributed by atoms with Crippen LogP contribution in [-0.4, -0.2) is 35.6 Å². The van der Waals surface area contributed by atoms with E-state index in [1.807, 2.05) is 12.1 Å². The average Bonchev–Trinajstić information content (AvgIpc) is 2.66. The van der Waals surface area contributed by atoms with Crippen LogP contribution in [-0.2, 0) is 20.7 Å². The van der Waals surface area contributed by atoms with E-state index >= 15 is 0 Å². The Morgan fingerprint density at radius 2 is 1.93 bits per heavy atom. The lowest BCUT2D eigenvalue weighted by Gasteiger charge is -2.25. The Labute approximate surface area is 155 Å². The molecule has 1 aliphatic rings. The standard InChI is InChI=1S/C20H19NO6/c1-12(19(23)24)21-18(22)11-26-15-8-6-13(7-9-15)17-10-14-4-2-3-5-16(14)20(25)27-17/h2-9,12,17H,10-11H2,1H3,(H,21,22)(H,23,24)/t12-,17-/m1/s1. The molecule has 7 heteroatoms. The van der Waals surface area contributed by atoms with E-state index in [-0.39, 0.29) is 18.7 Å². The summed E-state index contributed by atoms with van der Waals surface area (Å²) in [6.45, 7) is 1.08. The monoisotopic (exact) mass is 369 g/mol. The average molecular weight is 369 g/mol. The lowest BCUT2D eigenvalue weighted by molar-refractivity contribution is -0.141. The number of esters is 1. The van der Waals surface area contributed by atoms with Crippen LogP contribution in [0.15, 0.2) is 48.5 Å². The first-order valence-corrected chi connectivity index (χ1v) is 8.48. The van der Waals surface area contributed by atoms with Gasteiger partial charge in [-0.05, 0) is 36.2 Å². The molecule has 1 amide bonds. The van der Waals surface area contributed by atoms with Gasteiger partial charge in [-0.2, -0.15) is 0 Å². The zero-order chi connectivity index (χ0) is 19.4. The maximum absolute atomic E-state index is 12.1. The first kappa shape index (κ1) is 18.4. The molecule has 27 heavy (non-hydrogen) atoms. The molecule has 0 aromatic heterocycles. The van der Waals surface area contributed by atoms with E-state index in [0.29, 0.717) is 17.7 Å². The molecule has 1 heterocycles. The van der Waals surface area contributed by atoms with Crippen LogP contribution in [0.2, 0.25) is 0 Å². The van der Waals surface area contributed by atoms with E-state index in [2.05, 4.69) is 5.32 Å². The number of ether oxygens (including phenoxy) is 2. The molecule has 1 aliphatic heterocycles. The zero-order valence-corrected chi connectivity index (χ0v) is 14.7. The van der Waals surface area contributed by atoms with Gasteiger partial charge in [0, 0.05) is 6.42 Å². The third kappa shape index (κ3) is 4.44. The van der Waals surface area contributed by atoms with Crippen molar-refractivity contribution in [3.8, 4) is 5.75 Å². The van der Waals surface area contributed by atoms with E-state index in [0.717, 1.165) is 11.1 Å². The summed E-state index contributed by atoms with van der Waals surface area (Å²) in [7, 11) is 0. The number of hydrogen-bond acceptors (Lipinski definition) is 5. The van der Waals surface area contributed by atoms with Crippen molar-refractivity contribution >= 4 is 17.8 Å². The number of benzene rings is 2. The molecule has 0 bridgehead atoms. The number of fused-ring (bicyclic) bond motifs is 1. The number of rotatable bonds is 6. The molecule has 3 rings (SSSR count). The second kappa shape index (κ2) is 7.90. The van der Waals surface area contributed by atoms with Gasteiger partial charge in [-0.3, -0.25) is 9.59 Å². The highest BCUT2D eigenvalue weighted by atomic mass is 16.5. The molecule has 0 saturated carbocycles. The summed E-state index contributed by atoms with van der Waals surface area (Å²) in [4.78, 5) is 34.5. The van der Waals surface area contributed by atoms with Gasteiger partial charge in [-0.1, -0.05) is 30.3 Å². The highest BCUT2D eigenvalue weighted by Gasteiger charge is 2.27. The lowest BCUT2D eigenvalue weighted by Crippen LogP contribution is -2.40. The highest BCUT2D eigenvalue weighted by molar-refractivity contribution is 5.92. The molecule has 2 atom stereocenters. The Balaban J connectivity index is 1.59. The van der Waals surface area contributed by atoms with Gasteiger partial charge in [0.25, 0.3) is 5.91 Å². The molecule has 0 spiro atoms. The smallest absolute Gasteiger partial charge is 0.339 e. The fourth-order valence-corrected chi connectivity index (χ4v) is 2.79. The Morgan fingerprint density at radius 3 is 2.63 bits per heavy atom. The van der Waals surface area contributed by atoms with Gasteiger partial charge in [0.1, 0.15) is 17.9 Å². The molecular weight excluding hydrogens is 350 g/mol. The summed E-state index contributed by atoms with van der Waals surface area (Å²) < 4.78 is 10.9. The molecule has 140 valence electrons. The van der Waals surface area contributed by atoms with Gasteiger partial charge in [0.05, 0.1) is 5.56 Å². The minimum Gasteiger partial charge on any atom is -0.484 e. The number of hydrogen-bond donors (Lipinski definition) is 2.